The van der Waals surface area contributed by atoms with Crippen molar-refractivity contribution in [3.8, 4) is 0 Å². The second-order valence-corrected chi connectivity index (χ2v) is 5.05. The van der Waals surface area contributed by atoms with Gasteiger partial charge >= 0.3 is 5.63 Å². The van der Waals surface area contributed by atoms with Gasteiger partial charge in [0.1, 0.15) is 11.4 Å². The number of nitrogens with two attached hydrogens (primary N) is 1. The van der Waals surface area contributed by atoms with Gasteiger partial charge in [-0.3, -0.25) is 4.79 Å². The van der Waals surface area contributed by atoms with E-state index in [-0.39, 0.29) is 18.1 Å². The monoisotopic (exact) mass is 259 g/mol. The average molecular weight is 259 g/mol. The van der Waals surface area contributed by atoms with E-state index in [1.807, 2.05) is 26.8 Å². The Kier molecular flexibility index (Phi) is 3.42. The Balaban J connectivity index is 2.60. The van der Waals surface area contributed by atoms with Crippen LogP contribution >= 0.6 is 0 Å². The van der Waals surface area contributed by atoms with Crippen LogP contribution in [0.5, 0.6) is 0 Å². The number of ketones is 1. The zero-order chi connectivity index (χ0) is 14.2. The number of aryl methyl sites for hydroxylation is 1. The minimum atomic E-state index is -0.454. The lowest BCUT2D eigenvalue weighted by Gasteiger charge is -2.09. The number of Topliss-reactive ketones (excluding diaryl/α,β-unsaturated/α-hetero) is 1. The van der Waals surface area contributed by atoms with Crippen molar-refractivity contribution < 1.29 is 9.21 Å². The first-order chi connectivity index (χ1) is 8.90. The second kappa shape index (κ2) is 4.88. The van der Waals surface area contributed by atoms with Gasteiger partial charge in [-0.1, -0.05) is 13.8 Å². The van der Waals surface area contributed by atoms with Gasteiger partial charge in [-0.15, -0.1) is 0 Å². The van der Waals surface area contributed by atoms with E-state index in [0.717, 1.165) is 10.9 Å². The largest absolute Gasteiger partial charge is 0.422 e. The Bertz CT molecular complexity index is 698. The summed E-state index contributed by atoms with van der Waals surface area (Å²) in [5.74, 6) is -0.0638. The standard InChI is InChI=1S/C15H17NO3/c1-8(2)13(17)7-12-9(3)11-5-4-10(16)6-14(11)19-15(12)18/h4-6,8H,7,16H2,1-3H3. The van der Waals surface area contributed by atoms with E-state index in [9.17, 15) is 9.59 Å². The van der Waals surface area contributed by atoms with E-state index >= 15 is 0 Å². The van der Waals surface area contributed by atoms with Crippen LogP contribution in [-0.4, -0.2) is 5.78 Å². The number of anilines is 1. The summed E-state index contributed by atoms with van der Waals surface area (Å²) < 4.78 is 5.25. The first-order valence-corrected chi connectivity index (χ1v) is 6.24. The molecule has 0 radical (unpaired) electrons. The van der Waals surface area contributed by atoms with Crippen LogP contribution in [-0.2, 0) is 11.2 Å². The van der Waals surface area contributed by atoms with Gasteiger partial charge in [-0.2, -0.15) is 0 Å². The van der Waals surface area contributed by atoms with Crippen LogP contribution in [0.3, 0.4) is 0 Å². The Labute approximate surface area is 111 Å². The second-order valence-electron chi connectivity index (χ2n) is 5.05. The molecule has 0 unspecified atom stereocenters. The normalized spacial score (nSPS) is 11.2. The topological polar surface area (TPSA) is 73.3 Å². The van der Waals surface area contributed by atoms with E-state index in [1.165, 1.54) is 0 Å². The number of nitrogen functional groups attached to an aromatic ring is 1. The number of hydrogen-bond donors (Lipinski definition) is 1. The molecule has 2 N–H and O–H groups in total. The van der Waals surface area contributed by atoms with Crippen molar-refractivity contribution in [2.45, 2.75) is 27.2 Å². The molecule has 4 heteroatoms. The molecule has 0 aliphatic rings. The van der Waals surface area contributed by atoms with Crippen LogP contribution in [0.4, 0.5) is 5.69 Å². The van der Waals surface area contributed by atoms with E-state index in [0.29, 0.717) is 16.8 Å². The molecule has 2 aromatic rings. The summed E-state index contributed by atoms with van der Waals surface area (Å²) in [7, 11) is 0. The maximum absolute atomic E-state index is 12.0. The molecule has 100 valence electrons. The lowest BCUT2D eigenvalue weighted by Crippen LogP contribution is -2.18. The maximum atomic E-state index is 12.0. The van der Waals surface area contributed by atoms with Crippen LogP contribution in [0.2, 0.25) is 0 Å². The van der Waals surface area contributed by atoms with Crippen molar-refractivity contribution in [3.05, 3.63) is 39.7 Å². The third kappa shape index (κ3) is 2.52. The molecule has 0 amide bonds. The molecule has 19 heavy (non-hydrogen) atoms. The van der Waals surface area contributed by atoms with E-state index < -0.39 is 5.63 Å². The molecule has 1 aromatic carbocycles. The van der Waals surface area contributed by atoms with E-state index in [4.69, 9.17) is 10.2 Å². The predicted molar refractivity (Wildman–Crippen MR) is 75.2 cm³/mol. The Morgan fingerprint density at radius 2 is 2.05 bits per heavy atom. The first-order valence-electron chi connectivity index (χ1n) is 6.24. The van der Waals surface area contributed by atoms with Crippen molar-refractivity contribution >= 4 is 22.4 Å². The van der Waals surface area contributed by atoms with Crippen LogP contribution in [0, 0.1) is 12.8 Å². The van der Waals surface area contributed by atoms with Gasteiger partial charge in [0.2, 0.25) is 0 Å². The summed E-state index contributed by atoms with van der Waals surface area (Å²) in [6, 6.07) is 5.19. The third-order valence-electron chi connectivity index (χ3n) is 3.31. The van der Waals surface area contributed by atoms with Gasteiger partial charge < -0.3 is 10.2 Å². The number of rotatable bonds is 3. The molecule has 0 aliphatic heterocycles. The highest BCUT2D eigenvalue weighted by Gasteiger charge is 2.16. The van der Waals surface area contributed by atoms with Crippen molar-refractivity contribution in [2.75, 3.05) is 5.73 Å². The van der Waals surface area contributed by atoms with E-state index in [2.05, 4.69) is 0 Å². The predicted octanol–water partition coefficient (Wildman–Crippen LogP) is 2.45. The molecular formula is C15H17NO3. The summed E-state index contributed by atoms with van der Waals surface area (Å²) in [6.07, 6.45) is 0.117. The molecule has 0 spiro atoms. The molecule has 0 saturated heterocycles. The number of carbonyl (C=O) groups excluding carboxylic acids is 1. The minimum Gasteiger partial charge on any atom is -0.422 e. The molecule has 0 atom stereocenters. The van der Waals surface area contributed by atoms with Crippen molar-refractivity contribution in [1.82, 2.24) is 0 Å². The number of hydrogen-bond acceptors (Lipinski definition) is 4. The Morgan fingerprint density at radius 1 is 1.37 bits per heavy atom. The average Bonchev–Trinajstić information content (AvgIpc) is 2.33. The highest BCUT2D eigenvalue weighted by atomic mass is 16.4. The fourth-order valence-corrected chi connectivity index (χ4v) is 1.99. The highest BCUT2D eigenvalue weighted by Crippen LogP contribution is 2.22. The van der Waals surface area contributed by atoms with Crippen LogP contribution in [0.1, 0.15) is 25.0 Å². The molecule has 0 aliphatic carbocycles. The van der Waals surface area contributed by atoms with Gasteiger partial charge in [0, 0.05) is 35.0 Å². The molecule has 0 saturated carbocycles. The first kappa shape index (κ1) is 13.3. The summed E-state index contributed by atoms with van der Waals surface area (Å²) in [5.41, 5.74) is 7.45. The summed E-state index contributed by atoms with van der Waals surface area (Å²) in [5, 5.41) is 0.820. The van der Waals surface area contributed by atoms with E-state index in [1.54, 1.807) is 12.1 Å². The smallest absolute Gasteiger partial charge is 0.340 e. The van der Waals surface area contributed by atoms with Crippen molar-refractivity contribution in [3.63, 3.8) is 0 Å². The lowest BCUT2D eigenvalue weighted by atomic mass is 9.97. The third-order valence-corrected chi connectivity index (χ3v) is 3.31. The van der Waals surface area contributed by atoms with Crippen LogP contribution in [0.15, 0.2) is 27.4 Å². The molecule has 2 rings (SSSR count). The summed E-state index contributed by atoms with van der Waals surface area (Å²) in [6.45, 7) is 5.47. The minimum absolute atomic E-state index is 0.0326. The quantitative estimate of drug-likeness (QED) is 0.678. The van der Waals surface area contributed by atoms with Gasteiger partial charge in [0.15, 0.2) is 0 Å². The number of benzene rings is 1. The zero-order valence-corrected chi connectivity index (χ0v) is 11.3. The summed E-state index contributed by atoms with van der Waals surface area (Å²) in [4.78, 5) is 23.8. The van der Waals surface area contributed by atoms with Gasteiger partial charge in [-0.05, 0) is 24.6 Å². The molecule has 0 fully saturated rings. The SMILES string of the molecule is Cc1c(CC(=O)C(C)C)c(=O)oc2cc(N)ccc12. The molecule has 0 bridgehead atoms. The molecule has 1 heterocycles. The fourth-order valence-electron chi connectivity index (χ4n) is 1.99. The number of carbonyl (C=O) groups is 1. The lowest BCUT2D eigenvalue weighted by molar-refractivity contribution is -0.121. The molecular weight excluding hydrogens is 242 g/mol. The van der Waals surface area contributed by atoms with Gasteiger partial charge in [-0.25, -0.2) is 4.79 Å². The molecule has 4 nitrogen and oxygen atoms in total. The summed E-state index contributed by atoms with van der Waals surface area (Å²) >= 11 is 0. The number of fused-ring (bicyclic) bond motifs is 1. The van der Waals surface area contributed by atoms with Gasteiger partial charge in [0.05, 0.1) is 0 Å². The van der Waals surface area contributed by atoms with Crippen LogP contribution < -0.4 is 11.4 Å². The highest BCUT2D eigenvalue weighted by molar-refractivity contribution is 5.87. The van der Waals surface area contributed by atoms with Crippen molar-refractivity contribution in [1.29, 1.82) is 0 Å². The van der Waals surface area contributed by atoms with Crippen LogP contribution in [0.25, 0.3) is 11.0 Å². The Hall–Kier alpha value is -2.10. The van der Waals surface area contributed by atoms with Gasteiger partial charge in [0.25, 0.3) is 0 Å². The Morgan fingerprint density at radius 3 is 2.68 bits per heavy atom. The molecule has 1 aromatic heterocycles. The zero-order valence-electron chi connectivity index (χ0n) is 11.3. The fraction of sp³-hybridized carbons (Fsp3) is 0.333. The van der Waals surface area contributed by atoms with Crippen molar-refractivity contribution in [2.24, 2.45) is 5.92 Å². The maximum Gasteiger partial charge on any atom is 0.340 e.